The van der Waals surface area contributed by atoms with Crippen molar-refractivity contribution in [3.8, 4) is 5.75 Å². The summed E-state index contributed by atoms with van der Waals surface area (Å²) in [5, 5.41) is 9.54. The SMILES string of the molecule is CC[C@H](O)c1ccc(OCC2CC2)cn1. The number of pyridine rings is 1. The molecule has 0 spiro atoms. The second-order valence-corrected chi connectivity index (χ2v) is 4.10. The Morgan fingerprint density at radius 3 is 2.87 bits per heavy atom. The number of nitrogens with zero attached hydrogens (tertiary/aromatic N) is 1. The van der Waals surface area contributed by atoms with E-state index in [1.54, 1.807) is 6.20 Å². The number of aliphatic hydroxyl groups is 1. The van der Waals surface area contributed by atoms with Gasteiger partial charge in [-0.3, -0.25) is 4.98 Å². The fourth-order valence-corrected chi connectivity index (χ4v) is 1.38. The maximum atomic E-state index is 9.54. The predicted octanol–water partition coefficient (Wildman–Crippen LogP) is 2.31. The van der Waals surface area contributed by atoms with Gasteiger partial charge in [-0.1, -0.05) is 6.92 Å². The predicted molar refractivity (Wildman–Crippen MR) is 57.7 cm³/mol. The van der Waals surface area contributed by atoms with Crippen LogP contribution in [0.5, 0.6) is 5.75 Å². The van der Waals surface area contributed by atoms with Crippen LogP contribution < -0.4 is 4.74 Å². The highest BCUT2D eigenvalue weighted by atomic mass is 16.5. The van der Waals surface area contributed by atoms with Gasteiger partial charge in [0.25, 0.3) is 0 Å². The topological polar surface area (TPSA) is 42.4 Å². The van der Waals surface area contributed by atoms with Gasteiger partial charge in [-0.15, -0.1) is 0 Å². The van der Waals surface area contributed by atoms with Gasteiger partial charge in [0, 0.05) is 0 Å². The lowest BCUT2D eigenvalue weighted by atomic mass is 10.2. The first-order chi connectivity index (χ1) is 7.29. The molecule has 0 unspecified atom stereocenters. The fourth-order valence-electron chi connectivity index (χ4n) is 1.38. The van der Waals surface area contributed by atoms with Crippen molar-refractivity contribution in [2.45, 2.75) is 32.3 Å². The van der Waals surface area contributed by atoms with Crippen molar-refractivity contribution in [1.82, 2.24) is 4.98 Å². The highest BCUT2D eigenvalue weighted by Crippen LogP contribution is 2.29. The lowest BCUT2D eigenvalue weighted by Crippen LogP contribution is -2.01. The van der Waals surface area contributed by atoms with Crippen LogP contribution in [0.4, 0.5) is 0 Å². The molecule has 1 atom stereocenters. The molecule has 1 aliphatic rings. The molecule has 2 rings (SSSR count). The third-order valence-corrected chi connectivity index (χ3v) is 2.67. The van der Waals surface area contributed by atoms with E-state index in [1.807, 2.05) is 19.1 Å². The van der Waals surface area contributed by atoms with Gasteiger partial charge in [0.2, 0.25) is 0 Å². The Balaban J connectivity index is 1.90. The number of rotatable bonds is 5. The van der Waals surface area contributed by atoms with Crippen LogP contribution in [0, 0.1) is 5.92 Å². The summed E-state index contributed by atoms with van der Waals surface area (Å²) in [4.78, 5) is 4.17. The van der Waals surface area contributed by atoms with Gasteiger partial charge >= 0.3 is 0 Å². The number of ether oxygens (including phenoxy) is 1. The largest absolute Gasteiger partial charge is 0.492 e. The summed E-state index contributed by atoms with van der Waals surface area (Å²) >= 11 is 0. The summed E-state index contributed by atoms with van der Waals surface area (Å²) in [5.74, 6) is 1.56. The molecular formula is C12H17NO2. The molecule has 0 radical (unpaired) electrons. The average molecular weight is 207 g/mol. The summed E-state index contributed by atoms with van der Waals surface area (Å²) in [6.07, 6.45) is 4.51. The zero-order valence-electron chi connectivity index (χ0n) is 9.02. The molecule has 15 heavy (non-hydrogen) atoms. The average Bonchev–Trinajstić information content (AvgIpc) is 3.10. The first-order valence-electron chi connectivity index (χ1n) is 5.56. The first-order valence-corrected chi connectivity index (χ1v) is 5.56. The smallest absolute Gasteiger partial charge is 0.137 e. The summed E-state index contributed by atoms with van der Waals surface area (Å²) < 4.78 is 5.55. The van der Waals surface area contributed by atoms with Crippen LogP contribution in [0.15, 0.2) is 18.3 Å². The number of aromatic nitrogens is 1. The third kappa shape index (κ3) is 2.93. The molecular weight excluding hydrogens is 190 g/mol. The summed E-state index contributed by atoms with van der Waals surface area (Å²) in [6, 6.07) is 3.71. The van der Waals surface area contributed by atoms with E-state index in [-0.39, 0.29) is 0 Å². The molecule has 1 aromatic heterocycles. The molecule has 0 saturated heterocycles. The fraction of sp³-hybridized carbons (Fsp3) is 0.583. The second-order valence-electron chi connectivity index (χ2n) is 4.10. The molecule has 82 valence electrons. The van der Waals surface area contributed by atoms with Crippen molar-refractivity contribution in [2.24, 2.45) is 5.92 Å². The minimum absolute atomic E-state index is 0.456. The van der Waals surface area contributed by atoms with Crippen molar-refractivity contribution in [3.05, 3.63) is 24.0 Å². The van der Waals surface area contributed by atoms with E-state index < -0.39 is 6.10 Å². The van der Waals surface area contributed by atoms with Crippen LogP contribution in [0.2, 0.25) is 0 Å². The van der Waals surface area contributed by atoms with Crippen LogP contribution >= 0.6 is 0 Å². The third-order valence-electron chi connectivity index (χ3n) is 2.67. The Morgan fingerprint density at radius 2 is 2.33 bits per heavy atom. The zero-order chi connectivity index (χ0) is 10.7. The summed E-state index contributed by atoms with van der Waals surface area (Å²) in [6.45, 7) is 2.74. The maximum Gasteiger partial charge on any atom is 0.137 e. The molecule has 1 N–H and O–H groups in total. The normalized spacial score (nSPS) is 17.5. The van der Waals surface area contributed by atoms with E-state index in [4.69, 9.17) is 4.74 Å². The lowest BCUT2D eigenvalue weighted by molar-refractivity contribution is 0.168. The van der Waals surface area contributed by atoms with E-state index in [0.29, 0.717) is 6.42 Å². The Morgan fingerprint density at radius 1 is 1.53 bits per heavy atom. The van der Waals surface area contributed by atoms with E-state index in [2.05, 4.69) is 4.98 Å². The van der Waals surface area contributed by atoms with E-state index in [0.717, 1.165) is 24.0 Å². The van der Waals surface area contributed by atoms with Gasteiger partial charge in [-0.05, 0) is 37.3 Å². The van der Waals surface area contributed by atoms with Crippen molar-refractivity contribution >= 4 is 0 Å². The monoisotopic (exact) mass is 207 g/mol. The van der Waals surface area contributed by atoms with Crippen LogP contribution in [0.3, 0.4) is 0 Å². The molecule has 1 fully saturated rings. The zero-order valence-corrected chi connectivity index (χ0v) is 9.02. The molecule has 0 amide bonds. The molecule has 0 bridgehead atoms. The number of hydrogen-bond donors (Lipinski definition) is 1. The Hall–Kier alpha value is -1.09. The van der Waals surface area contributed by atoms with E-state index in [9.17, 15) is 5.11 Å². The molecule has 1 aliphatic carbocycles. The second kappa shape index (κ2) is 4.62. The van der Waals surface area contributed by atoms with E-state index >= 15 is 0 Å². The van der Waals surface area contributed by atoms with Crippen molar-refractivity contribution in [1.29, 1.82) is 0 Å². The molecule has 1 saturated carbocycles. The van der Waals surface area contributed by atoms with Crippen LogP contribution in [0.25, 0.3) is 0 Å². The molecule has 0 aromatic carbocycles. The van der Waals surface area contributed by atoms with Crippen LogP contribution in [0.1, 0.15) is 38.0 Å². The summed E-state index contributed by atoms with van der Waals surface area (Å²) in [5.41, 5.74) is 0.719. The minimum atomic E-state index is -0.456. The van der Waals surface area contributed by atoms with Gasteiger partial charge in [0.1, 0.15) is 5.75 Å². The Labute approximate surface area is 90.1 Å². The van der Waals surface area contributed by atoms with Gasteiger partial charge in [0.05, 0.1) is 24.6 Å². The van der Waals surface area contributed by atoms with Crippen LogP contribution in [-0.2, 0) is 0 Å². The molecule has 0 aliphatic heterocycles. The van der Waals surface area contributed by atoms with Gasteiger partial charge in [-0.2, -0.15) is 0 Å². The van der Waals surface area contributed by atoms with Gasteiger partial charge in [0.15, 0.2) is 0 Å². The Bertz CT molecular complexity index is 306. The van der Waals surface area contributed by atoms with Gasteiger partial charge in [-0.25, -0.2) is 0 Å². The van der Waals surface area contributed by atoms with Crippen molar-refractivity contribution in [3.63, 3.8) is 0 Å². The molecule has 1 heterocycles. The highest BCUT2D eigenvalue weighted by molar-refractivity contribution is 5.20. The minimum Gasteiger partial charge on any atom is -0.492 e. The standard InChI is InChI=1S/C12H17NO2/c1-2-12(14)11-6-5-10(7-13-11)15-8-9-3-4-9/h5-7,9,12,14H,2-4,8H2,1H3/t12-/m0/s1. The van der Waals surface area contributed by atoms with Crippen LogP contribution in [-0.4, -0.2) is 16.7 Å². The van der Waals surface area contributed by atoms with Gasteiger partial charge < -0.3 is 9.84 Å². The first kappa shape index (κ1) is 10.4. The molecule has 1 aromatic rings. The maximum absolute atomic E-state index is 9.54. The quantitative estimate of drug-likeness (QED) is 0.805. The number of aliphatic hydroxyl groups excluding tert-OH is 1. The highest BCUT2D eigenvalue weighted by Gasteiger charge is 2.21. The molecule has 3 heteroatoms. The number of hydrogen-bond acceptors (Lipinski definition) is 3. The lowest BCUT2D eigenvalue weighted by Gasteiger charge is -2.08. The Kier molecular flexibility index (Phi) is 3.21. The van der Waals surface area contributed by atoms with Crippen molar-refractivity contribution < 1.29 is 9.84 Å². The van der Waals surface area contributed by atoms with Crippen molar-refractivity contribution in [2.75, 3.05) is 6.61 Å². The van der Waals surface area contributed by atoms with E-state index in [1.165, 1.54) is 12.8 Å². The molecule has 3 nitrogen and oxygen atoms in total. The summed E-state index contributed by atoms with van der Waals surface area (Å²) in [7, 11) is 0.